The molecule has 1 aromatic heterocycles. The highest BCUT2D eigenvalue weighted by molar-refractivity contribution is 5.68. The summed E-state index contributed by atoms with van der Waals surface area (Å²) in [4.78, 5) is 32.4. The average Bonchev–Trinajstić information content (AvgIpc) is 3.01. The standard InChI is InChI=1S/C33H46N4O7/c38-31(35-9-1-11-42-30-6-3-25(4-7-30)2-5-29-8-10-34-24-36-29)43-16-14-40-12-13-41-15-17-44-32(39)37-33-21-26-18-27(22-33)20-28(19-26)23-33/h3-4,6-8,10,24,26-28H,1-2,5,9,11-23H2,(H,35,38)(H,37,39). The number of benzene rings is 1. The van der Waals surface area contributed by atoms with Gasteiger partial charge in [0.25, 0.3) is 0 Å². The van der Waals surface area contributed by atoms with E-state index in [1.807, 2.05) is 18.2 Å². The van der Waals surface area contributed by atoms with Gasteiger partial charge in [0, 0.05) is 24.0 Å². The second-order valence-corrected chi connectivity index (χ2v) is 12.3. The van der Waals surface area contributed by atoms with Gasteiger partial charge in [-0.2, -0.15) is 0 Å². The van der Waals surface area contributed by atoms with Crippen molar-refractivity contribution in [3.05, 3.63) is 54.1 Å². The van der Waals surface area contributed by atoms with Crippen LogP contribution in [0.1, 0.15) is 56.2 Å². The predicted octanol–water partition coefficient (Wildman–Crippen LogP) is 4.49. The number of hydrogen-bond donors (Lipinski definition) is 2. The highest BCUT2D eigenvalue weighted by Crippen LogP contribution is 2.55. The first-order valence-corrected chi connectivity index (χ1v) is 16.0. The second-order valence-electron chi connectivity index (χ2n) is 12.3. The summed E-state index contributed by atoms with van der Waals surface area (Å²) in [6.45, 7) is 2.64. The molecule has 4 aliphatic carbocycles. The number of ether oxygens (including phenoxy) is 5. The average molecular weight is 611 g/mol. The number of alkyl carbamates (subject to hydrolysis) is 2. The van der Waals surface area contributed by atoms with Crippen LogP contribution in [0.25, 0.3) is 0 Å². The minimum absolute atomic E-state index is 0.0397. The van der Waals surface area contributed by atoms with Crippen molar-refractivity contribution in [1.29, 1.82) is 0 Å². The molecule has 0 unspecified atom stereocenters. The van der Waals surface area contributed by atoms with E-state index in [4.69, 9.17) is 23.7 Å². The Morgan fingerprint density at radius 1 is 0.773 bits per heavy atom. The van der Waals surface area contributed by atoms with Crippen LogP contribution in [0.15, 0.2) is 42.9 Å². The van der Waals surface area contributed by atoms with Gasteiger partial charge in [-0.15, -0.1) is 0 Å². The van der Waals surface area contributed by atoms with Crippen molar-refractivity contribution in [2.75, 3.05) is 52.8 Å². The van der Waals surface area contributed by atoms with Crippen LogP contribution in [0.2, 0.25) is 0 Å². The van der Waals surface area contributed by atoms with Gasteiger partial charge in [-0.1, -0.05) is 12.1 Å². The molecule has 2 aromatic rings. The molecule has 0 spiro atoms. The molecule has 6 rings (SSSR count). The SMILES string of the molecule is O=C(NCCCOc1ccc(CCc2ccncn2)cc1)OCCOCCOCCOC(=O)NC12CC3CC(CC(C3)C1)C2. The molecule has 240 valence electrons. The molecule has 1 heterocycles. The van der Waals surface area contributed by atoms with Crippen LogP contribution in [0.3, 0.4) is 0 Å². The van der Waals surface area contributed by atoms with Crippen molar-refractivity contribution < 1.29 is 33.3 Å². The summed E-state index contributed by atoms with van der Waals surface area (Å²) in [5, 5.41) is 5.90. The van der Waals surface area contributed by atoms with Crippen LogP contribution < -0.4 is 15.4 Å². The van der Waals surface area contributed by atoms with Crippen LogP contribution in [0.4, 0.5) is 9.59 Å². The maximum absolute atomic E-state index is 12.3. The van der Waals surface area contributed by atoms with Crippen molar-refractivity contribution in [1.82, 2.24) is 20.6 Å². The van der Waals surface area contributed by atoms with Gasteiger partial charge >= 0.3 is 12.2 Å². The molecule has 2 amide bonds. The lowest BCUT2D eigenvalue weighted by molar-refractivity contribution is -0.0219. The fourth-order valence-corrected chi connectivity index (χ4v) is 7.22. The number of amides is 2. The van der Waals surface area contributed by atoms with E-state index in [0.29, 0.717) is 39.4 Å². The highest BCUT2D eigenvalue weighted by atomic mass is 16.6. The van der Waals surface area contributed by atoms with Gasteiger partial charge in [0.2, 0.25) is 0 Å². The summed E-state index contributed by atoms with van der Waals surface area (Å²) >= 11 is 0. The fourth-order valence-electron chi connectivity index (χ4n) is 7.22. The number of carbonyl (C=O) groups excluding carboxylic acids is 2. The Bertz CT molecular complexity index is 1130. The quantitative estimate of drug-likeness (QED) is 0.235. The molecule has 4 fully saturated rings. The lowest BCUT2D eigenvalue weighted by Crippen LogP contribution is -2.59. The van der Waals surface area contributed by atoms with E-state index in [0.717, 1.165) is 61.3 Å². The van der Waals surface area contributed by atoms with Crippen LogP contribution in [0.5, 0.6) is 5.75 Å². The van der Waals surface area contributed by atoms with E-state index < -0.39 is 6.09 Å². The Morgan fingerprint density at radius 3 is 2.05 bits per heavy atom. The van der Waals surface area contributed by atoms with Gasteiger partial charge in [0.1, 0.15) is 25.3 Å². The molecule has 2 N–H and O–H groups in total. The topological polar surface area (TPSA) is 130 Å². The lowest BCUT2D eigenvalue weighted by Gasteiger charge is -2.56. The first-order valence-electron chi connectivity index (χ1n) is 16.0. The zero-order chi connectivity index (χ0) is 30.5. The molecule has 0 radical (unpaired) electrons. The van der Waals surface area contributed by atoms with Crippen LogP contribution in [-0.2, 0) is 31.8 Å². The summed E-state index contributed by atoms with van der Waals surface area (Å²) in [6, 6.07) is 9.95. The number of carbonyl (C=O) groups is 2. The Balaban J connectivity index is 0.790. The van der Waals surface area contributed by atoms with Crippen molar-refractivity contribution in [3.8, 4) is 5.75 Å². The third-order valence-electron chi connectivity index (χ3n) is 8.79. The van der Waals surface area contributed by atoms with E-state index in [2.05, 4.69) is 32.7 Å². The number of rotatable bonds is 18. The van der Waals surface area contributed by atoms with Crippen LogP contribution in [0, 0.1) is 17.8 Å². The van der Waals surface area contributed by atoms with E-state index in [-0.39, 0.29) is 31.5 Å². The lowest BCUT2D eigenvalue weighted by atomic mass is 9.53. The maximum atomic E-state index is 12.3. The fraction of sp³-hybridized carbons (Fsp3) is 0.636. The molecule has 4 bridgehead atoms. The molecule has 1 aromatic carbocycles. The molecular weight excluding hydrogens is 564 g/mol. The number of nitrogens with zero attached hydrogens (tertiary/aromatic N) is 2. The molecule has 11 nitrogen and oxygen atoms in total. The Labute approximate surface area is 259 Å². The normalized spacial score (nSPS) is 23.2. The van der Waals surface area contributed by atoms with Crippen molar-refractivity contribution in [2.45, 2.75) is 63.3 Å². The van der Waals surface area contributed by atoms with Crippen molar-refractivity contribution >= 4 is 12.2 Å². The summed E-state index contributed by atoms with van der Waals surface area (Å²) in [7, 11) is 0. The van der Waals surface area contributed by atoms with E-state index in [9.17, 15) is 9.59 Å². The third-order valence-corrected chi connectivity index (χ3v) is 8.79. The summed E-state index contributed by atoms with van der Waals surface area (Å²) in [5.74, 6) is 3.12. The molecular formula is C33H46N4O7. The molecule has 0 saturated heterocycles. The Hall–Kier alpha value is -3.44. The summed E-state index contributed by atoms with van der Waals surface area (Å²) < 4.78 is 27.1. The summed E-state index contributed by atoms with van der Waals surface area (Å²) in [5.41, 5.74) is 2.20. The molecule has 0 aliphatic heterocycles. The van der Waals surface area contributed by atoms with Gasteiger partial charge in [-0.05, 0) is 99.3 Å². The van der Waals surface area contributed by atoms with Gasteiger partial charge in [-0.25, -0.2) is 19.6 Å². The van der Waals surface area contributed by atoms with Crippen molar-refractivity contribution in [3.63, 3.8) is 0 Å². The van der Waals surface area contributed by atoms with Crippen LogP contribution >= 0.6 is 0 Å². The molecule has 0 atom stereocenters. The van der Waals surface area contributed by atoms with Gasteiger partial charge in [-0.3, -0.25) is 0 Å². The number of hydrogen-bond acceptors (Lipinski definition) is 9. The number of nitrogens with one attached hydrogen (secondary N) is 2. The molecule has 4 saturated carbocycles. The predicted molar refractivity (Wildman–Crippen MR) is 162 cm³/mol. The van der Waals surface area contributed by atoms with Gasteiger partial charge in [0.05, 0.1) is 33.0 Å². The van der Waals surface area contributed by atoms with Crippen LogP contribution in [-0.4, -0.2) is 80.5 Å². The van der Waals surface area contributed by atoms with E-state index in [1.54, 1.807) is 12.5 Å². The zero-order valence-electron chi connectivity index (χ0n) is 25.5. The zero-order valence-corrected chi connectivity index (χ0v) is 25.5. The third kappa shape index (κ3) is 10.3. The highest BCUT2D eigenvalue weighted by Gasteiger charge is 2.51. The molecule has 4 aliphatic rings. The second kappa shape index (κ2) is 16.6. The molecule has 44 heavy (non-hydrogen) atoms. The summed E-state index contributed by atoms with van der Waals surface area (Å²) in [6.07, 6.45) is 12.3. The van der Waals surface area contributed by atoms with Gasteiger partial charge in [0.15, 0.2) is 0 Å². The number of aryl methyl sites for hydroxylation is 2. The minimum atomic E-state index is -0.484. The monoisotopic (exact) mass is 610 g/mol. The Morgan fingerprint density at radius 2 is 1.41 bits per heavy atom. The maximum Gasteiger partial charge on any atom is 0.407 e. The van der Waals surface area contributed by atoms with Crippen molar-refractivity contribution in [2.24, 2.45) is 17.8 Å². The minimum Gasteiger partial charge on any atom is -0.494 e. The first-order chi connectivity index (χ1) is 21.6. The first kappa shape index (κ1) is 32.0. The largest absolute Gasteiger partial charge is 0.494 e. The number of aromatic nitrogens is 2. The van der Waals surface area contributed by atoms with E-state index in [1.165, 1.54) is 24.8 Å². The van der Waals surface area contributed by atoms with E-state index >= 15 is 0 Å². The van der Waals surface area contributed by atoms with Gasteiger partial charge < -0.3 is 34.3 Å². The molecule has 11 heteroatoms. The smallest absolute Gasteiger partial charge is 0.407 e. The Kier molecular flexibility index (Phi) is 12.0.